The van der Waals surface area contributed by atoms with Gasteiger partial charge in [0.2, 0.25) is 11.8 Å². The summed E-state index contributed by atoms with van der Waals surface area (Å²) in [6.07, 6.45) is 63.0. The van der Waals surface area contributed by atoms with Crippen molar-refractivity contribution in [3.63, 3.8) is 0 Å². The number of hydrogen-bond donors (Lipinski definition) is 6. The molecule has 10 heteroatoms. The van der Waals surface area contributed by atoms with Crippen molar-refractivity contribution < 1.29 is 19.8 Å². The van der Waals surface area contributed by atoms with Crippen LogP contribution in [0, 0.1) is 0 Å². The minimum Gasteiger partial charge on any atom is -0.390 e. The van der Waals surface area contributed by atoms with Crippen LogP contribution in [0.25, 0.3) is 0 Å². The van der Waals surface area contributed by atoms with Gasteiger partial charge >= 0.3 is 0 Å². The highest BCUT2D eigenvalue weighted by Crippen LogP contribution is 2.16. The van der Waals surface area contributed by atoms with E-state index in [-0.39, 0.29) is 11.8 Å². The minimum absolute atomic E-state index is 0.105. The summed E-state index contributed by atoms with van der Waals surface area (Å²) in [5.74, 6) is 0.211. The summed E-state index contributed by atoms with van der Waals surface area (Å²) >= 11 is 0. The van der Waals surface area contributed by atoms with Crippen molar-refractivity contribution in [2.45, 2.75) is 361 Å². The van der Waals surface area contributed by atoms with Crippen molar-refractivity contribution >= 4 is 11.8 Å². The van der Waals surface area contributed by atoms with E-state index < -0.39 is 12.2 Å². The molecule has 0 heterocycles. The number of aliphatic hydroxyl groups is 2. The number of hydrogen-bond acceptors (Lipinski definition) is 8. The lowest BCUT2D eigenvalue weighted by Gasteiger charge is -2.27. The molecule has 2 atom stereocenters. The third kappa shape index (κ3) is 62.7. The topological polar surface area (TPSA) is 129 Å². The second-order valence-electron chi connectivity index (χ2n) is 25.1. The highest BCUT2D eigenvalue weighted by atomic mass is 16.3. The van der Waals surface area contributed by atoms with E-state index in [1.807, 2.05) is 0 Å². The lowest BCUT2D eigenvalue weighted by Crippen LogP contribution is -2.41. The van der Waals surface area contributed by atoms with Crippen LogP contribution in [0.15, 0.2) is 0 Å². The van der Waals surface area contributed by atoms with E-state index in [4.69, 9.17) is 0 Å². The van der Waals surface area contributed by atoms with E-state index in [1.165, 1.54) is 283 Å². The van der Waals surface area contributed by atoms with Gasteiger partial charge in [0.05, 0.1) is 12.2 Å². The molecule has 2 unspecified atom stereocenters. The molecule has 0 spiro atoms. The zero-order valence-corrected chi connectivity index (χ0v) is 54.6. The Hall–Kier alpha value is -1.30. The van der Waals surface area contributed by atoms with Crippen LogP contribution in [0.3, 0.4) is 0 Å². The normalized spacial score (nSPS) is 12.6. The molecule has 0 aliphatic heterocycles. The molecule has 0 aromatic heterocycles. The maximum atomic E-state index is 12.6. The van der Waals surface area contributed by atoms with Gasteiger partial charge in [0.1, 0.15) is 0 Å². The maximum Gasteiger partial charge on any atom is 0.221 e. The van der Waals surface area contributed by atoms with Gasteiger partial charge in [-0.1, -0.05) is 297 Å². The van der Waals surface area contributed by atoms with Gasteiger partial charge in [-0.15, -0.1) is 0 Å². The highest BCUT2D eigenvalue weighted by Gasteiger charge is 2.15. The van der Waals surface area contributed by atoms with Crippen molar-refractivity contribution in [1.82, 2.24) is 31.1 Å². The molecule has 478 valence electrons. The lowest BCUT2D eigenvalue weighted by atomic mass is 10.1. The van der Waals surface area contributed by atoms with Gasteiger partial charge in [0.25, 0.3) is 0 Å². The zero-order valence-electron chi connectivity index (χ0n) is 54.6. The summed E-state index contributed by atoms with van der Waals surface area (Å²) in [5, 5.41) is 35.5. The Morgan fingerprint density at radius 3 is 0.725 bits per heavy atom. The molecule has 0 saturated heterocycles. The third-order valence-corrected chi connectivity index (χ3v) is 16.8. The first-order valence-electron chi connectivity index (χ1n) is 36.1. The molecule has 0 radical (unpaired) electrons. The predicted octanol–water partition coefficient (Wildman–Crippen LogP) is 17.3. The first-order chi connectivity index (χ1) is 39.4. The SMILES string of the molecule is CCCCCCCCCCCCCCNC(=O)CCNCC(O)CN(CCCCCCCCCCCC)CCCCN(CCCCCCCCCCCCCC)CC(O)CNCCC(=O)NCCCCCCCCCCCCCC. The Kier molecular flexibility index (Phi) is 65.7. The molecular weight excluding hydrogens is 989 g/mol. The Labute approximate surface area is 500 Å². The fourth-order valence-electron chi connectivity index (χ4n) is 11.5. The van der Waals surface area contributed by atoms with E-state index in [1.54, 1.807) is 0 Å². The number of nitrogens with zero attached hydrogens (tertiary/aromatic N) is 2. The maximum absolute atomic E-state index is 12.6. The molecule has 10 nitrogen and oxygen atoms in total. The van der Waals surface area contributed by atoms with Crippen molar-refractivity contribution in [2.24, 2.45) is 0 Å². The van der Waals surface area contributed by atoms with Gasteiger partial charge in [-0.2, -0.15) is 0 Å². The van der Waals surface area contributed by atoms with Gasteiger partial charge in [0, 0.05) is 65.2 Å². The molecule has 0 aromatic rings. The summed E-state index contributed by atoms with van der Waals surface area (Å²) in [5.41, 5.74) is 0. The Morgan fingerprint density at radius 2 is 0.487 bits per heavy atom. The van der Waals surface area contributed by atoms with Crippen LogP contribution >= 0.6 is 0 Å². The molecule has 6 N–H and O–H groups in total. The fourth-order valence-corrected chi connectivity index (χ4v) is 11.5. The number of unbranched alkanes of at least 4 members (excludes halogenated alkanes) is 43. The van der Waals surface area contributed by atoms with Crippen LogP contribution in [0.5, 0.6) is 0 Å². The quantitative estimate of drug-likeness (QED) is 0.0332. The van der Waals surface area contributed by atoms with Crippen LogP contribution in [0.2, 0.25) is 0 Å². The summed E-state index contributed by atoms with van der Waals surface area (Å²) < 4.78 is 0. The number of carbonyl (C=O) groups excluding carboxylic acids is 2. The van der Waals surface area contributed by atoms with Gasteiger partial charge < -0.3 is 41.3 Å². The summed E-state index contributed by atoms with van der Waals surface area (Å²) in [6.45, 7) is 18.1. The second kappa shape index (κ2) is 66.8. The van der Waals surface area contributed by atoms with Crippen LogP contribution in [0.1, 0.15) is 349 Å². The second-order valence-corrected chi connectivity index (χ2v) is 25.1. The number of rotatable bonds is 69. The van der Waals surface area contributed by atoms with Gasteiger partial charge in [-0.3, -0.25) is 9.59 Å². The number of carbonyl (C=O) groups is 2. The van der Waals surface area contributed by atoms with Crippen molar-refractivity contribution in [2.75, 3.05) is 78.5 Å². The summed E-state index contributed by atoms with van der Waals surface area (Å²) in [6, 6.07) is 0. The van der Waals surface area contributed by atoms with Gasteiger partial charge in [-0.25, -0.2) is 0 Å². The molecule has 0 bridgehead atoms. The van der Waals surface area contributed by atoms with Crippen LogP contribution in [-0.2, 0) is 9.59 Å². The monoisotopic (exact) mass is 1130 g/mol. The Morgan fingerprint density at radius 1 is 0.287 bits per heavy atom. The molecule has 0 fully saturated rings. The van der Waals surface area contributed by atoms with Crippen molar-refractivity contribution in [3.05, 3.63) is 0 Å². The summed E-state index contributed by atoms with van der Waals surface area (Å²) in [7, 11) is 0. The largest absolute Gasteiger partial charge is 0.390 e. The first kappa shape index (κ1) is 78.7. The van der Waals surface area contributed by atoms with Gasteiger partial charge in [0.15, 0.2) is 0 Å². The lowest BCUT2D eigenvalue weighted by molar-refractivity contribution is -0.121. The molecule has 0 aromatic carbocycles. The molecule has 0 rings (SSSR count). The molecule has 2 amide bonds. The predicted molar refractivity (Wildman–Crippen MR) is 350 cm³/mol. The van der Waals surface area contributed by atoms with Crippen molar-refractivity contribution in [1.29, 1.82) is 0 Å². The number of amides is 2. The molecule has 0 aliphatic carbocycles. The van der Waals surface area contributed by atoms with E-state index in [2.05, 4.69) is 58.8 Å². The van der Waals surface area contributed by atoms with Crippen LogP contribution in [0.4, 0.5) is 0 Å². The zero-order chi connectivity index (χ0) is 58.1. The average molecular weight is 1130 g/mol. The van der Waals surface area contributed by atoms with Crippen LogP contribution < -0.4 is 21.3 Å². The molecule has 80 heavy (non-hydrogen) atoms. The number of nitrogens with one attached hydrogen (secondary N) is 4. The average Bonchev–Trinajstić information content (AvgIpc) is 3.45. The summed E-state index contributed by atoms with van der Waals surface area (Å²) in [4.78, 5) is 30.1. The minimum atomic E-state index is -0.475. The van der Waals surface area contributed by atoms with E-state index >= 15 is 0 Å². The smallest absolute Gasteiger partial charge is 0.221 e. The Balaban J connectivity index is 4.92. The molecular formula is C70H144N6O4. The standard InChI is InChI=1S/C70H144N6O4/c1-5-9-13-17-21-25-29-32-35-39-43-47-55-73-69(79)53-57-71-63-67(77)65-75(59-49-45-41-37-28-24-20-16-12-8-4)61-51-52-62-76(60-50-46-42-38-34-31-27-23-19-15-11-7-3)66-68(78)64-72-58-54-70(80)74-56-48-44-40-36-33-30-26-22-18-14-10-6-2/h67-68,71-72,77-78H,5-66H2,1-4H3,(H,73,79)(H,74,80). The van der Waals surface area contributed by atoms with Gasteiger partial charge in [-0.05, 0) is 64.7 Å². The molecule has 0 saturated carbocycles. The Bertz CT molecular complexity index is 1210. The van der Waals surface area contributed by atoms with E-state index in [0.29, 0.717) is 52.1 Å². The van der Waals surface area contributed by atoms with E-state index in [0.717, 1.165) is 65.0 Å². The van der Waals surface area contributed by atoms with Crippen LogP contribution in [-0.4, -0.2) is 123 Å². The third-order valence-electron chi connectivity index (χ3n) is 16.8. The highest BCUT2D eigenvalue weighted by molar-refractivity contribution is 5.76. The fraction of sp³-hybridized carbons (Fsp3) is 0.971. The van der Waals surface area contributed by atoms with Crippen molar-refractivity contribution in [3.8, 4) is 0 Å². The number of aliphatic hydroxyl groups excluding tert-OH is 2. The molecule has 0 aliphatic rings. The first-order valence-corrected chi connectivity index (χ1v) is 36.1. The van der Waals surface area contributed by atoms with E-state index in [9.17, 15) is 19.8 Å².